The lowest BCUT2D eigenvalue weighted by Gasteiger charge is -2.15. The van der Waals surface area contributed by atoms with Crippen molar-refractivity contribution in [2.75, 3.05) is 5.32 Å². The zero-order valence-corrected chi connectivity index (χ0v) is 11.1. The van der Waals surface area contributed by atoms with E-state index in [0.29, 0.717) is 5.69 Å². The third kappa shape index (κ3) is 3.07. The van der Waals surface area contributed by atoms with Crippen LogP contribution in [0.2, 0.25) is 0 Å². The van der Waals surface area contributed by atoms with Crippen molar-refractivity contribution in [2.45, 2.75) is 20.8 Å². The van der Waals surface area contributed by atoms with Crippen LogP contribution < -0.4 is 5.32 Å². The summed E-state index contributed by atoms with van der Waals surface area (Å²) in [6, 6.07) is 7.58. The minimum atomic E-state index is -1.02. The molecule has 0 saturated carbocycles. The first-order valence-corrected chi connectivity index (χ1v) is 5.64. The Bertz CT molecular complexity index is 440. The molecule has 4 heteroatoms. The fraction of sp³-hybridized carbons (Fsp3) is 0.333. The summed E-state index contributed by atoms with van der Waals surface area (Å²) < 4.78 is 0.901. The Morgan fingerprint density at radius 3 is 2.56 bits per heavy atom. The number of nitrogens with zero attached hydrogens (tertiary/aromatic N) is 1. The van der Waals surface area contributed by atoms with Crippen LogP contribution in [0.3, 0.4) is 0 Å². The summed E-state index contributed by atoms with van der Waals surface area (Å²) >= 11 is 3.35. The van der Waals surface area contributed by atoms with E-state index in [1.54, 1.807) is 19.9 Å². The molecule has 16 heavy (non-hydrogen) atoms. The largest absolute Gasteiger partial charge is 0.325 e. The summed E-state index contributed by atoms with van der Waals surface area (Å²) in [5.74, 6) is -0.299. The van der Waals surface area contributed by atoms with Crippen LogP contribution in [0.5, 0.6) is 0 Å². The molecule has 0 heterocycles. The Morgan fingerprint density at radius 2 is 2.06 bits per heavy atom. The van der Waals surface area contributed by atoms with Gasteiger partial charge < -0.3 is 5.32 Å². The molecular formula is C12H13BrN2O. The summed E-state index contributed by atoms with van der Waals surface area (Å²) in [7, 11) is 0. The molecule has 1 rings (SSSR count). The summed E-state index contributed by atoms with van der Waals surface area (Å²) in [6.07, 6.45) is 0. The van der Waals surface area contributed by atoms with Crippen LogP contribution in [0.25, 0.3) is 0 Å². The van der Waals surface area contributed by atoms with Crippen molar-refractivity contribution in [1.82, 2.24) is 0 Å². The first kappa shape index (κ1) is 12.7. The van der Waals surface area contributed by atoms with Crippen LogP contribution >= 0.6 is 15.9 Å². The first-order chi connectivity index (χ1) is 7.35. The fourth-order valence-corrected chi connectivity index (χ4v) is 1.75. The molecule has 0 radical (unpaired) electrons. The monoisotopic (exact) mass is 280 g/mol. The normalized spacial score (nSPS) is 10.7. The predicted octanol–water partition coefficient (Wildman–Crippen LogP) is 3.25. The average molecular weight is 281 g/mol. The summed E-state index contributed by atoms with van der Waals surface area (Å²) in [5.41, 5.74) is 0.718. The van der Waals surface area contributed by atoms with Crippen molar-refractivity contribution in [2.24, 2.45) is 5.41 Å². The van der Waals surface area contributed by atoms with Gasteiger partial charge in [0.25, 0.3) is 0 Å². The second-order valence-electron chi connectivity index (χ2n) is 4.21. The number of carbonyl (C=O) groups excluding carboxylic acids is 1. The molecule has 0 atom stereocenters. The molecule has 0 aliphatic carbocycles. The van der Waals surface area contributed by atoms with E-state index < -0.39 is 5.41 Å². The highest BCUT2D eigenvalue weighted by molar-refractivity contribution is 9.10. The van der Waals surface area contributed by atoms with Crippen molar-refractivity contribution in [3.05, 3.63) is 28.2 Å². The number of halogens is 1. The number of benzene rings is 1. The maximum atomic E-state index is 11.7. The summed E-state index contributed by atoms with van der Waals surface area (Å²) in [6.45, 7) is 5.12. The van der Waals surface area contributed by atoms with Gasteiger partial charge in [-0.25, -0.2) is 0 Å². The highest BCUT2D eigenvalue weighted by Gasteiger charge is 2.27. The van der Waals surface area contributed by atoms with Crippen LogP contribution in [0.1, 0.15) is 19.4 Å². The van der Waals surface area contributed by atoms with Gasteiger partial charge in [-0.2, -0.15) is 5.26 Å². The van der Waals surface area contributed by atoms with E-state index in [0.717, 1.165) is 10.0 Å². The zero-order chi connectivity index (χ0) is 12.3. The van der Waals surface area contributed by atoms with Crippen molar-refractivity contribution in [1.29, 1.82) is 5.26 Å². The third-order valence-corrected chi connectivity index (χ3v) is 2.60. The van der Waals surface area contributed by atoms with Gasteiger partial charge in [-0.1, -0.05) is 15.9 Å². The molecule has 0 spiro atoms. The van der Waals surface area contributed by atoms with E-state index in [1.165, 1.54) is 0 Å². The van der Waals surface area contributed by atoms with Crippen LogP contribution in [-0.4, -0.2) is 5.91 Å². The van der Waals surface area contributed by atoms with Crippen molar-refractivity contribution < 1.29 is 4.79 Å². The van der Waals surface area contributed by atoms with Crippen LogP contribution in [0.15, 0.2) is 22.7 Å². The van der Waals surface area contributed by atoms with E-state index in [2.05, 4.69) is 21.2 Å². The molecule has 84 valence electrons. The lowest BCUT2D eigenvalue weighted by atomic mass is 9.94. The van der Waals surface area contributed by atoms with Crippen LogP contribution in [0.4, 0.5) is 5.69 Å². The highest BCUT2D eigenvalue weighted by Crippen LogP contribution is 2.22. The van der Waals surface area contributed by atoms with Crippen molar-refractivity contribution >= 4 is 27.5 Å². The Balaban J connectivity index is 2.90. The molecule has 0 aliphatic heterocycles. The first-order valence-electron chi connectivity index (χ1n) is 4.85. The van der Waals surface area contributed by atoms with Gasteiger partial charge >= 0.3 is 0 Å². The van der Waals surface area contributed by atoms with E-state index in [-0.39, 0.29) is 5.91 Å². The number of rotatable bonds is 2. The molecule has 0 aromatic heterocycles. The number of nitriles is 1. The molecule has 3 nitrogen and oxygen atoms in total. The lowest BCUT2D eigenvalue weighted by molar-refractivity contribution is -0.121. The maximum absolute atomic E-state index is 11.7. The van der Waals surface area contributed by atoms with Gasteiger partial charge in [0.1, 0.15) is 5.41 Å². The second-order valence-corrected chi connectivity index (χ2v) is 5.12. The van der Waals surface area contributed by atoms with E-state index in [1.807, 2.05) is 25.1 Å². The quantitative estimate of drug-likeness (QED) is 0.904. The van der Waals surface area contributed by atoms with E-state index in [9.17, 15) is 4.79 Å². The number of anilines is 1. The molecule has 1 amide bonds. The van der Waals surface area contributed by atoms with Gasteiger partial charge in [0.15, 0.2) is 0 Å². The molecule has 1 aromatic rings. The van der Waals surface area contributed by atoms with Crippen molar-refractivity contribution in [3.63, 3.8) is 0 Å². The summed E-state index contributed by atoms with van der Waals surface area (Å²) in [5, 5.41) is 11.6. The van der Waals surface area contributed by atoms with Gasteiger partial charge in [-0.3, -0.25) is 4.79 Å². The Kier molecular flexibility index (Phi) is 3.71. The Labute approximate surface area is 104 Å². The number of aryl methyl sites for hydroxylation is 1. The number of amides is 1. The number of hydrogen-bond donors (Lipinski definition) is 1. The van der Waals surface area contributed by atoms with Gasteiger partial charge in [0, 0.05) is 10.2 Å². The molecular weight excluding hydrogens is 268 g/mol. The van der Waals surface area contributed by atoms with E-state index >= 15 is 0 Å². The lowest BCUT2D eigenvalue weighted by Crippen LogP contribution is -2.29. The molecule has 1 N–H and O–H groups in total. The Hall–Kier alpha value is -1.34. The second kappa shape index (κ2) is 4.67. The van der Waals surface area contributed by atoms with Crippen LogP contribution in [-0.2, 0) is 4.79 Å². The van der Waals surface area contributed by atoms with Gasteiger partial charge in [-0.05, 0) is 44.5 Å². The van der Waals surface area contributed by atoms with E-state index in [4.69, 9.17) is 5.26 Å². The topological polar surface area (TPSA) is 52.9 Å². The molecule has 0 saturated heterocycles. The maximum Gasteiger partial charge on any atom is 0.244 e. The molecule has 0 fully saturated rings. The Morgan fingerprint density at radius 1 is 1.44 bits per heavy atom. The standard InChI is InChI=1S/C12H13BrN2O/c1-8-4-9(13)6-10(5-8)15-11(16)12(2,3)7-14/h4-6H,1-3H3,(H,15,16). The molecule has 0 bridgehead atoms. The minimum Gasteiger partial charge on any atom is -0.325 e. The average Bonchev–Trinajstić information content (AvgIpc) is 2.15. The third-order valence-electron chi connectivity index (χ3n) is 2.15. The number of hydrogen-bond acceptors (Lipinski definition) is 2. The van der Waals surface area contributed by atoms with Crippen LogP contribution in [0, 0.1) is 23.7 Å². The smallest absolute Gasteiger partial charge is 0.244 e. The summed E-state index contributed by atoms with van der Waals surface area (Å²) in [4.78, 5) is 11.7. The van der Waals surface area contributed by atoms with Gasteiger partial charge in [-0.15, -0.1) is 0 Å². The molecule has 1 aromatic carbocycles. The van der Waals surface area contributed by atoms with Gasteiger partial charge in [0.05, 0.1) is 6.07 Å². The number of carbonyl (C=O) groups is 1. The number of nitrogens with one attached hydrogen (secondary N) is 1. The highest BCUT2D eigenvalue weighted by atomic mass is 79.9. The SMILES string of the molecule is Cc1cc(Br)cc(NC(=O)C(C)(C)C#N)c1. The minimum absolute atomic E-state index is 0.299. The van der Waals surface area contributed by atoms with Gasteiger partial charge in [0.2, 0.25) is 5.91 Å². The van der Waals surface area contributed by atoms with Crippen molar-refractivity contribution in [3.8, 4) is 6.07 Å². The molecule has 0 unspecified atom stereocenters. The predicted molar refractivity (Wildman–Crippen MR) is 66.9 cm³/mol. The molecule has 0 aliphatic rings. The zero-order valence-electron chi connectivity index (χ0n) is 9.47. The fourth-order valence-electron chi connectivity index (χ4n) is 1.15.